The molecule has 1 atom stereocenters. The Morgan fingerprint density at radius 1 is 0.909 bits per heavy atom. The van der Waals surface area contributed by atoms with Crippen LogP contribution in [0.1, 0.15) is 17.5 Å². The molecule has 2 aromatic carbocycles. The minimum absolute atomic E-state index is 0.190. The van der Waals surface area contributed by atoms with E-state index in [2.05, 4.69) is 10.2 Å². The van der Waals surface area contributed by atoms with Crippen molar-refractivity contribution in [1.82, 2.24) is 0 Å². The average Bonchev–Trinajstić information content (AvgIpc) is 3.15. The minimum atomic E-state index is -0.789. The van der Waals surface area contributed by atoms with E-state index in [1.165, 1.54) is 0 Å². The molecule has 4 rings (SSSR count). The highest BCUT2D eigenvalue weighted by Crippen LogP contribution is 2.56. The van der Waals surface area contributed by atoms with E-state index in [1.807, 2.05) is 60.7 Å². The normalized spacial score (nSPS) is 25.5. The second-order valence-electron chi connectivity index (χ2n) is 5.81. The number of azo groups is 1. The zero-order valence-corrected chi connectivity index (χ0v) is 12.1. The molecule has 0 N–H and O–H groups in total. The number of cyclic esters (lactones) is 1. The summed E-state index contributed by atoms with van der Waals surface area (Å²) in [7, 11) is 0. The van der Waals surface area contributed by atoms with Gasteiger partial charge in [0.1, 0.15) is 11.0 Å². The third kappa shape index (κ3) is 1.55. The molecule has 0 bridgehead atoms. The number of rotatable bonds is 2. The van der Waals surface area contributed by atoms with Gasteiger partial charge in [-0.25, -0.2) is 0 Å². The summed E-state index contributed by atoms with van der Waals surface area (Å²) in [5.74, 6) is -0.190. The summed E-state index contributed by atoms with van der Waals surface area (Å²) in [5, 5.41) is 8.92. The Bertz CT molecular complexity index is 688. The summed E-state index contributed by atoms with van der Waals surface area (Å²) in [4.78, 5) is 12.6. The van der Waals surface area contributed by atoms with Gasteiger partial charge in [-0.05, 0) is 11.1 Å². The van der Waals surface area contributed by atoms with Gasteiger partial charge in [-0.2, -0.15) is 10.2 Å². The Kier molecular flexibility index (Phi) is 2.86. The number of ether oxygens (including phenoxy) is 1. The monoisotopic (exact) mass is 292 g/mol. The zero-order chi connectivity index (χ0) is 15.0. The van der Waals surface area contributed by atoms with Gasteiger partial charge in [0.25, 0.3) is 0 Å². The molecule has 4 heteroatoms. The van der Waals surface area contributed by atoms with Crippen LogP contribution in [0.2, 0.25) is 0 Å². The molecule has 22 heavy (non-hydrogen) atoms. The van der Waals surface area contributed by atoms with Crippen molar-refractivity contribution in [2.45, 2.75) is 12.0 Å². The molecule has 110 valence electrons. The summed E-state index contributed by atoms with van der Waals surface area (Å²) in [6.07, 6.45) is 0.641. The second-order valence-corrected chi connectivity index (χ2v) is 5.81. The predicted molar refractivity (Wildman–Crippen MR) is 81.4 cm³/mol. The lowest BCUT2D eigenvalue weighted by atomic mass is 9.63. The van der Waals surface area contributed by atoms with Crippen LogP contribution < -0.4 is 0 Å². The third-order valence-electron chi connectivity index (χ3n) is 4.79. The number of carbonyl (C=O) groups excluding carboxylic acids is 1. The van der Waals surface area contributed by atoms with Crippen molar-refractivity contribution in [3.63, 3.8) is 0 Å². The molecule has 1 saturated heterocycles. The maximum absolute atomic E-state index is 12.6. The highest BCUT2D eigenvalue weighted by Gasteiger charge is 2.65. The first kappa shape index (κ1) is 13.2. The molecule has 0 aliphatic carbocycles. The molecule has 0 amide bonds. The fourth-order valence-corrected chi connectivity index (χ4v) is 3.70. The van der Waals surface area contributed by atoms with Gasteiger partial charge in [-0.15, -0.1) is 0 Å². The lowest BCUT2D eigenvalue weighted by Gasteiger charge is -2.37. The molecule has 0 radical (unpaired) electrons. The number of hydrogen-bond acceptors (Lipinski definition) is 4. The number of esters is 1. The highest BCUT2D eigenvalue weighted by atomic mass is 16.5. The molecular weight excluding hydrogens is 276 g/mol. The first-order valence-electron chi connectivity index (χ1n) is 7.47. The van der Waals surface area contributed by atoms with E-state index < -0.39 is 11.0 Å². The molecular formula is C18H16N2O2. The summed E-state index contributed by atoms with van der Waals surface area (Å²) in [6.45, 7) is 0.820. The van der Waals surface area contributed by atoms with Crippen molar-refractivity contribution >= 4 is 5.97 Å². The molecule has 1 spiro atoms. The highest BCUT2D eigenvalue weighted by molar-refractivity contribution is 5.83. The van der Waals surface area contributed by atoms with Gasteiger partial charge >= 0.3 is 5.97 Å². The van der Waals surface area contributed by atoms with Crippen LogP contribution in [0, 0.1) is 5.41 Å². The van der Waals surface area contributed by atoms with Crippen molar-refractivity contribution in [3.8, 4) is 0 Å². The molecule has 2 aliphatic heterocycles. The molecule has 2 aliphatic rings. The van der Waals surface area contributed by atoms with E-state index >= 15 is 0 Å². The largest absolute Gasteiger partial charge is 0.465 e. The molecule has 1 fully saturated rings. The zero-order valence-electron chi connectivity index (χ0n) is 12.1. The van der Waals surface area contributed by atoms with E-state index in [-0.39, 0.29) is 5.97 Å². The van der Waals surface area contributed by atoms with E-state index in [4.69, 9.17) is 4.74 Å². The van der Waals surface area contributed by atoms with Crippen LogP contribution in [0.4, 0.5) is 0 Å². The van der Waals surface area contributed by atoms with Gasteiger partial charge in [0, 0.05) is 6.42 Å². The quantitative estimate of drug-likeness (QED) is 0.797. The van der Waals surface area contributed by atoms with Crippen molar-refractivity contribution in [1.29, 1.82) is 0 Å². The van der Waals surface area contributed by atoms with Crippen molar-refractivity contribution in [3.05, 3.63) is 71.8 Å². The minimum Gasteiger partial charge on any atom is -0.465 e. The number of benzene rings is 2. The third-order valence-corrected chi connectivity index (χ3v) is 4.79. The molecule has 0 aromatic heterocycles. The fourth-order valence-electron chi connectivity index (χ4n) is 3.70. The van der Waals surface area contributed by atoms with Crippen molar-refractivity contribution in [2.24, 2.45) is 15.6 Å². The first-order chi connectivity index (χ1) is 10.8. The maximum atomic E-state index is 12.6. The van der Waals surface area contributed by atoms with Gasteiger partial charge < -0.3 is 4.74 Å². The first-order valence-corrected chi connectivity index (χ1v) is 7.47. The van der Waals surface area contributed by atoms with Crippen LogP contribution in [0.3, 0.4) is 0 Å². The lowest BCUT2D eigenvalue weighted by molar-refractivity contribution is -0.147. The SMILES string of the molecule is O=C1OCCC12CN=NC2(c1ccccc1)c1ccccc1. The molecule has 2 heterocycles. The number of nitrogens with zero attached hydrogens (tertiary/aromatic N) is 2. The lowest BCUT2D eigenvalue weighted by Crippen LogP contribution is -2.47. The summed E-state index contributed by atoms with van der Waals surface area (Å²) in [5.41, 5.74) is 0.460. The van der Waals surface area contributed by atoms with Crippen LogP contribution in [0.15, 0.2) is 70.9 Å². The number of carbonyl (C=O) groups is 1. The Balaban J connectivity index is 2.02. The van der Waals surface area contributed by atoms with E-state index in [0.717, 1.165) is 11.1 Å². The van der Waals surface area contributed by atoms with Crippen molar-refractivity contribution < 1.29 is 9.53 Å². The van der Waals surface area contributed by atoms with Gasteiger partial charge in [0.05, 0.1) is 13.2 Å². The Morgan fingerprint density at radius 2 is 1.50 bits per heavy atom. The van der Waals surface area contributed by atoms with Crippen molar-refractivity contribution in [2.75, 3.05) is 13.2 Å². The Hall–Kier alpha value is -2.49. The predicted octanol–water partition coefficient (Wildman–Crippen LogP) is 3.33. The maximum Gasteiger partial charge on any atom is 0.317 e. The molecule has 1 unspecified atom stereocenters. The van der Waals surface area contributed by atoms with E-state index in [9.17, 15) is 4.79 Å². The standard InChI is InChI=1S/C18H16N2O2/c21-16-17(11-12-22-16)13-19-20-18(17,14-7-3-1-4-8-14)15-9-5-2-6-10-15/h1-10H,11-13H2. The number of hydrogen-bond donors (Lipinski definition) is 0. The Labute approximate surface area is 128 Å². The topological polar surface area (TPSA) is 51.0 Å². The van der Waals surface area contributed by atoms with Crippen LogP contribution in [0.25, 0.3) is 0 Å². The summed E-state index contributed by atoms with van der Waals surface area (Å²) < 4.78 is 5.33. The van der Waals surface area contributed by atoms with Gasteiger partial charge in [0.15, 0.2) is 0 Å². The van der Waals surface area contributed by atoms with Gasteiger partial charge in [0.2, 0.25) is 0 Å². The summed E-state index contributed by atoms with van der Waals surface area (Å²) >= 11 is 0. The van der Waals surface area contributed by atoms with Crippen LogP contribution in [0.5, 0.6) is 0 Å². The smallest absolute Gasteiger partial charge is 0.317 e. The van der Waals surface area contributed by atoms with E-state index in [1.54, 1.807) is 0 Å². The fraction of sp³-hybridized carbons (Fsp3) is 0.278. The van der Waals surface area contributed by atoms with Crippen LogP contribution in [-0.4, -0.2) is 19.1 Å². The van der Waals surface area contributed by atoms with E-state index in [0.29, 0.717) is 19.6 Å². The Morgan fingerprint density at radius 3 is 2.00 bits per heavy atom. The molecule has 2 aromatic rings. The van der Waals surface area contributed by atoms with Crippen LogP contribution >= 0.6 is 0 Å². The van der Waals surface area contributed by atoms with Gasteiger partial charge in [-0.3, -0.25) is 4.79 Å². The van der Waals surface area contributed by atoms with Gasteiger partial charge in [-0.1, -0.05) is 60.7 Å². The summed E-state index contributed by atoms with van der Waals surface area (Å²) in [6, 6.07) is 19.9. The molecule has 4 nitrogen and oxygen atoms in total. The average molecular weight is 292 g/mol. The van der Waals surface area contributed by atoms with Crippen LogP contribution in [-0.2, 0) is 15.1 Å². The molecule has 0 saturated carbocycles. The second kappa shape index (κ2) is 4.77.